The third-order valence-corrected chi connectivity index (χ3v) is 4.58. The highest BCUT2D eigenvalue weighted by molar-refractivity contribution is 6.04. The molecule has 4 rings (SSSR count). The van der Waals surface area contributed by atoms with Crippen LogP contribution in [0, 0.1) is 0 Å². The summed E-state index contributed by atoms with van der Waals surface area (Å²) in [6.07, 6.45) is 0.728. The average molecular weight is 377 g/mol. The fourth-order valence-electron chi connectivity index (χ4n) is 3.26. The molecule has 2 aromatic carbocycles. The molecule has 0 aliphatic heterocycles. The maximum absolute atomic E-state index is 12.7. The fraction of sp³-hybridized carbons (Fsp3) is 0.200. The van der Waals surface area contributed by atoms with E-state index in [0.717, 1.165) is 23.3 Å². The van der Waals surface area contributed by atoms with Crippen LogP contribution in [0.2, 0.25) is 0 Å². The number of aromatic amines is 1. The van der Waals surface area contributed by atoms with Gasteiger partial charge >= 0.3 is 5.97 Å². The van der Waals surface area contributed by atoms with Crippen molar-refractivity contribution in [2.45, 2.75) is 19.9 Å². The number of imidazole rings is 1. The van der Waals surface area contributed by atoms with Gasteiger partial charge in [0, 0.05) is 17.5 Å². The molecule has 0 aliphatic rings. The summed E-state index contributed by atoms with van der Waals surface area (Å²) in [6.45, 7) is 2.16. The predicted molar refractivity (Wildman–Crippen MR) is 105 cm³/mol. The Labute approximate surface area is 160 Å². The van der Waals surface area contributed by atoms with E-state index in [-0.39, 0.29) is 18.1 Å². The van der Waals surface area contributed by atoms with Crippen LogP contribution >= 0.6 is 0 Å². The number of benzene rings is 2. The quantitative estimate of drug-likeness (QED) is 0.521. The Kier molecular flexibility index (Phi) is 4.52. The fourth-order valence-corrected chi connectivity index (χ4v) is 3.26. The molecular weight excluding hydrogens is 358 g/mol. The highest BCUT2D eigenvalue weighted by Gasteiger charge is 2.16. The van der Waals surface area contributed by atoms with Crippen LogP contribution in [0.25, 0.3) is 21.9 Å². The largest absolute Gasteiger partial charge is 0.464 e. The second-order valence-electron chi connectivity index (χ2n) is 6.33. The van der Waals surface area contributed by atoms with E-state index in [1.54, 1.807) is 18.2 Å². The molecule has 4 aromatic rings. The van der Waals surface area contributed by atoms with E-state index in [0.29, 0.717) is 16.6 Å². The summed E-state index contributed by atoms with van der Waals surface area (Å²) < 4.78 is 6.66. The number of H-pyrrole nitrogens is 1. The zero-order valence-corrected chi connectivity index (χ0v) is 15.5. The molecule has 8 heteroatoms. The third-order valence-electron chi connectivity index (χ3n) is 4.58. The number of hydrogen-bond donors (Lipinski definition) is 2. The van der Waals surface area contributed by atoms with E-state index >= 15 is 0 Å². The molecule has 142 valence electrons. The van der Waals surface area contributed by atoms with Crippen LogP contribution in [-0.2, 0) is 22.5 Å². The highest BCUT2D eigenvalue weighted by Crippen LogP contribution is 2.22. The number of carbonyl (C=O) groups excluding carboxylic acids is 2. The summed E-state index contributed by atoms with van der Waals surface area (Å²) in [7, 11) is 1.30. The molecule has 0 unspecified atom stereocenters. The third kappa shape index (κ3) is 3.09. The molecule has 28 heavy (non-hydrogen) atoms. The van der Waals surface area contributed by atoms with Crippen molar-refractivity contribution in [3.05, 3.63) is 54.0 Å². The lowest BCUT2D eigenvalue weighted by molar-refractivity contribution is -0.116. The number of ether oxygens (including phenoxy) is 1. The van der Waals surface area contributed by atoms with Crippen LogP contribution in [-0.4, -0.2) is 38.7 Å². The van der Waals surface area contributed by atoms with Crippen molar-refractivity contribution in [3.63, 3.8) is 0 Å². The van der Waals surface area contributed by atoms with Crippen LogP contribution in [0.3, 0.4) is 0 Å². The lowest BCUT2D eigenvalue weighted by atomic mass is 10.2. The van der Waals surface area contributed by atoms with Gasteiger partial charge in [-0.2, -0.15) is 5.10 Å². The molecule has 0 spiro atoms. The van der Waals surface area contributed by atoms with Crippen LogP contribution < -0.4 is 5.32 Å². The Balaban J connectivity index is 1.60. The van der Waals surface area contributed by atoms with Gasteiger partial charge in [0.1, 0.15) is 12.4 Å². The molecule has 2 N–H and O–H groups in total. The Morgan fingerprint density at radius 2 is 2.04 bits per heavy atom. The van der Waals surface area contributed by atoms with Gasteiger partial charge < -0.3 is 14.6 Å². The highest BCUT2D eigenvalue weighted by atomic mass is 16.5. The first-order valence-electron chi connectivity index (χ1n) is 8.91. The minimum atomic E-state index is -0.535. The SMILES string of the molecule is CCc1nc2ccccc2n1CC(=O)Nc1ccc2[nH]nc(C(=O)OC)c2c1. The standard InChI is InChI=1S/C20H19N5O3/c1-3-17-22-15-6-4-5-7-16(15)25(17)11-18(26)21-12-8-9-14-13(10-12)19(24-23-14)20(27)28-2/h4-10H,3,11H2,1-2H3,(H,21,26)(H,23,24). The van der Waals surface area contributed by atoms with Crippen molar-refractivity contribution in [1.29, 1.82) is 0 Å². The van der Waals surface area contributed by atoms with Crippen molar-refractivity contribution < 1.29 is 14.3 Å². The number of aromatic nitrogens is 4. The number of carbonyl (C=O) groups is 2. The number of amides is 1. The number of anilines is 1. The second kappa shape index (κ2) is 7.15. The maximum Gasteiger partial charge on any atom is 0.359 e. The molecule has 2 aromatic heterocycles. The van der Waals surface area contributed by atoms with Gasteiger partial charge in [-0.1, -0.05) is 19.1 Å². The average Bonchev–Trinajstić information content (AvgIpc) is 3.28. The van der Waals surface area contributed by atoms with Gasteiger partial charge in [-0.15, -0.1) is 0 Å². The number of esters is 1. The number of methoxy groups -OCH3 is 1. The molecule has 0 fully saturated rings. The molecular formula is C20H19N5O3. The maximum atomic E-state index is 12.7. The van der Waals surface area contributed by atoms with Crippen molar-refractivity contribution in [1.82, 2.24) is 19.7 Å². The van der Waals surface area contributed by atoms with Crippen molar-refractivity contribution in [2.24, 2.45) is 0 Å². The lowest BCUT2D eigenvalue weighted by Gasteiger charge is -2.09. The molecule has 2 heterocycles. The van der Waals surface area contributed by atoms with Gasteiger partial charge in [0.25, 0.3) is 0 Å². The van der Waals surface area contributed by atoms with Gasteiger partial charge in [-0.05, 0) is 30.3 Å². The second-order valence-corrected chi connectivity index (χ2v) is 6.33. The van der Waals surface area contributed by atoms with Gasteiger partial charge in [-0.3, -0.25) is 9.89 Å². The number of fused-ring (bicyclic) bond motifs is 2. The molecule has 8 nitrogen and oxygen atoms in total. The van der Waals surface area contributed by atoms with E-state index in [2.05, 4.69) is 20.5 Å². The smallest absolute Gasteiger partial charge is 0.359 e. The number of aryl methyl sites for hydroxylation is 1. The van der Waals surface area contributed by atoms with Crippen molar-refractivity contribution in [2.75, 3.05) is 12.4 Å². The molecule has 0 radical (unpaired) electrons. The van der Waals surface area contributed by atoms with Crippen LogP contribution in [0.4, 0.5) is 5.69 Å². The molecule has 0 atom stereocenters. The van der Waals surface area contributed by atoms with E-state index in [9.17, 15) is 9.59 Å². The minimum absolute atomic E-state index is 0.150. The normalized spacial score (nSPS) is 11.1. The van der Waals surface area contributed by atoms with Crippen LogP contribution in [0.1, 0.15) is 23.2 Å². The number of rotatable bonds is 5. The van der Waals surface area contributed by atoms with E-state index < -0.39 is 5.97 Å². The van der Waals surface area contributed by atoms with Gasteiger partial charge in [0.2, 0.25) is 5.91 Å². The van der Waals surface area contributed by atoms with E-state index in [1.165, 1.54) is 7.11 Å². The molecule has 0 aliphatic carbocycles. The first-order valence-corrected chi connectivity index (χ1v) is 8.91. The van der Waals surface area contributed by atoms with E-state index in [4.69, 9.17) is 4.74 Å². The Hall–Kier alpha value is -3.68. The zero-order valence-electron chi connectivity index (χ0n) is 15.5. The summed E-state index contributed by atoms with van der Waals surface area (Å²) in [6, 6.07) is 13.0. The van der Waals surface area contributed by atoms with Crippen LogP contribution in [0.15, 0.2) is 42.5 Å². The first kappa shape index (κ1) is 17.7. The number of nitrogens with zero attached hydrogens (tertiary/aromatic N) is 3. The summed E-state index contributed by atoms with van der Waals surface area (Å²) in [4.78, 5) is 29.1. The monoisotopic (exact) mass is 377 g/mol. The predicted octanol–water partition coefficient (Wildman–Crippen LogP) is 2.90. The molecule has 0 bridgehead atoms. The van der Waals surface area contributed by atoms with Crippen LogP contribution in [0.5, 0.6) is 0 Å². The topological polar surface area (TPSA) is 102 Å². The lowest BCUT2D eigenvalue weighted by Crippen LogP contribution is -2.20. The Morgan fingerprint density at radius 3 is 2.82 bits per heavy atom. The van der Waals surface area contributed by atoms with Crippen molar-refractivity contribution in [3.8, 4) is 0 Å². The number of nitrogens with one attached hydrogen (secondary N) is 2. The summed E-state index contributed by atoms with van der Waals surface area (Å²) in [5.41, 5.74) is 3.24. The first-order chi connectivity index (χ1) is 13.6. The summed E-state index contributed by atoms with van der Waals surface area (Å²) in [5, 5.41) is 10.2. The summed E-state index contributed by atoms with van der Waals surface area (Å²) >= 11 is 0. The zero-order chi connectivity index (χ0) is 19.7. The molecule has 1 amide bonds. The molecule has 0 saturated carbocycles. The van der Waals surface area contributed by atoms with Gasteiger partial charge in [0.05, 0.1) is 23.7 Å². The minimum Gasteiger partial charge on any atom is -0.464 e. The number of hydrogen-bond acceptors (Lipinski definition) is 5. The molecule has 0 saturated heterocycles. The van der Waals surface area contributed by atoms with Crippen molar-refractivity contribution >= 4 is 39.5 Å². The van der Waals surface area contributed by atoms with Gasteiger partial charge in [-0.25, -0.2) is 9.78 Å². The van der Waals surface area contributed by atoms with E-state index in [1.807, 2.05) is 35.8 Å². The Bertz CT molecular complexity index is 1190. The number of para-hydroxylation sites is 2. The Morgan fingerprint density at radius 1 is 1.21 bits per heavy atom. The van der Waals surface area contributed by atoms with Gasteiger partial charge in [0.15, 0.2) is 5.69 Å². The summed E-state index contributed by atoms with van der Waals surface area (Å²) in [5.74, 6) is 0.141.